The highest BCUT2D eigenvalue weighted by Gasteiger charge is 2.23. The normalized spacial score (nSPS) is 15.5. The van der Waals surface area contributed by atoms with Gasteiger partial charge in [-0.2, -0.15) is 0 Å². The molecule has 2 aromatic carbocycles. The van der Waals surface area contributed by atoms with E-state index in [1.165, 1.54) is 22.7 Å². The van der Waals surface area contributed by atoms with Crippen molar-refractivity contribution in [2.24, 2.45) is 0 Å². The number of para-hydroxylation sites is 1. The van der Waals surface area contributed by atoms with Crippen LogP contribution in [0.3, 0.4) is 0 Å². The third kappa shape index (κ3) is 4.67. The van der Waals surface area contributed by atoms with Gasteiger partial charge in [0.15, 0.2) is 6.61 Å². The summed E-state index contributed by atoms with van der Waals surface area (Å²) in [5.74, 6) is 1.04. The fraction of sp³-hybridized carbons (Fsp3) is 0.227. The maximum atomic E-state index is 12.6. The molecule has 2 heterocycles. The third-order valence-electron chi connectivity index (χ3n) is 4.97. The number of sulfonamides is 1. The van der Waals surface area contributed by atoms with Crippen LogP contribution in [-0.4, -0.2) is 34.6 Å². The average molecular weight is 459 g/mol. The zero-order valence-corrected chi connectivity index (χ0v) is 18.5. The summed E-state index contributed by atoms with van der Waals surface area (Å²) in [5, 5.41) is 4.70. The second-order valence-electron chi connectivity index (χ2n) is 6.98. The van der Waals surface area contributed by atoms with Crippen molar-refractivity contribution >= 4 is 33.0 Å². The van der Waals surface area contributed by atoms with Gasteiger partial charge in [0.2, 0.25) is 0 Å². The molecule has 0 saturated heterocycles. The molecule has 1 amide bonds. The predicted octanol–water partition coefficient (Wildman–Crippen LogP) is 3.59. The van der Waals surface area contributed by atoms with Gasteiger partial charge in [-0.1, -0.05) is 24.3 Å². The van der Waals surface area contributed by atoms with Crippen molar-refractivity contribution in [3.05, 3.63) is 71.6 Å². The number of hydrogen-bond donors (Lipinski definition) is 1. The number of thiophene rings is 1. The fourth-order valence-corrected chi connectivity index (χ4v) is 5.67. The first-order valence-electron chi connectivity index (χ1n) is 9.71. The van der Waals surface area contributed by atoms with Gasteiger partial charge < -0.3 is 14.8 Å². The highest BCUT2D eigenvalue weighted by molar-refractivity contribution is 7.94. The zero-order chi connectivity index (χ0) is 21.8. The summed E-state index contributed by atoms with van der Waals surface area (Å²) >= 11 is 1.17. The molecular formula is C22H22N2O5S2. The molecule has 0 fully saturated rings. The number of amides is 1. The molecule has 1 N–H and O–H groups in total. The number of fused-ring (bicyclic) bond motifs is 1. The van der Waals surface area contributed by atoms with Gasteiger partial charge in [0, 0.05) is 19.0 Å². The van der Waals surface area contributed by atoms with E-state index in [0.29, 0.717) is 24.5 Å². The Morgan fingerprint density at radius 3 is 2.68 bits per heavy atom. The molecule has 1 aliphatic heterocycles. The Kier molecular flexibility index (Phi) is 6.15. The van der Waals surface area contributed by atoms with Crippen LogP contribution >= 0.6 is 11.3 Å². The van der Waals surface area contributed by atoms with Crippen LogP contribution in [0.1, 0.15) is 18.0 Å². The molecule has 0 unspecified atom stereocenters. The molecule has 0 spiro atoms. The second-order valence-corrected chi connectivity index (χ2v) is 10.1. The van der Waals surface area contributed by atoms with Crippen LogP contribution in [0.15, 0.2) is 70.3 Å². The Balaban J connectivity index is 1.34. The van der Waals surface area contributed by atoms with E-state index < -0.39 is 10.0 Å². The zero-order valence-electron chi connectivity index (χ0n) is 16.9. The summed E-state index contributed by atoms with van der Waals surface area (Å²) in [6.45, 7) is 0.411. The van der Waals surface area contributed by atoms with Crippen molar-refractivity contribution in [1.82, 2.24) is 5.32 Å². The summed E-state index contributed by atoms with van der Waals surface area (Å²) in [4.78, 5) is 12.4. The molecule has 31 heavy (non-hydrogen) atoms. The van der Waals surface area contributed by atoms with Gasteiger partial charge in [0.25, 0.3) is 15.9 Å². The Labute approximate surface area is 185 Å². The summed E-state index contributed by atoms with van der Waals surface area (Å²) in [5.41, 5.74) is 1.46. The number of rotatable bonds is 7. The lowest BCUT2D eigenvalue weighted by atomic mass is 10.0. The third-order valence-corrected chi connectivity index (χ3v) is 8.13. The molecule has 162 valence electrons. The van der Waals surface area contributed by atoms with E-state index in [4.69, 9.17) is 9.47 Å². The summed E-state index contributed by atoms with van der Waals surface area (Å²) in [6, 6.07) is 17.4. The van der Waals surface area contributed by atoms with Gasteiger partial charge in [-0.15, -0.1) is 11.3 Å². The number of carbonyl (C=O) groups is 1. The first kappa shape index (κ1) is 21.2. The number of benzene rings is 2. The molecule has 1 aliphatic rings. The van der Waals surface area contributed by atoms with Crippen LogP contribution in [0, 0.1) is 0 Å². The van der Waals surface area contributed by atoms with E-state index in [9.17, 15) is 13.2 Å². The minimum atomic E-state index is -3.59. The van der Waals surface area contributed by atoms with Crippen LogP contribution in [0.4, 0.5) is 5.69 Å². The summed E-state index contributed by atoms with van der Waals surface area (Å²) < 4.78 is 37.9. The summed E-state index contributed by atoms with van der Waals surface area (Å²) in [7, 11) is -2.09. The smallest absolute Gasteiger partial charge is 0.273 e. The quantitative estimate of drug-likeness (QED) is 0.585. The van der Waals surface area contributed by atoms with Crippen LogP contribution < -0.4 is 19.1 Å². The van der Waals surface area contributed by atoms with Crippen LogP contribution in [0.25, 0.3) is 0 Å². The van der Waals surface area contributed by atoms with Gasteiger partial charge in [-0.25, -0.2) is 8.42 Å². The van der Waals surface area contributed by atoms with Crippen LogP contribution in [0.2, 0.25) is 0 Å². The maximum absolute atomic E-state index is 12.6. The van der Waals surface area contributed by atoms with Crippen molar-refractivity contribution in [1.29, 1.82) is 0 Å². The largest absolute Gasteiger partial charge is 0.493 e. The van der Waals surface area contributed by atoms with Gasteiger partial charge in [0.05, 0.1) is 18.3 Å². The van der Waals surface area contributed by atoms with Gasteiger partial charge in [0.1, 0.15) is 15.7 Å². The van der Waals surface area contributed by atoms with Gasteiger partial charge in [-0.3, -0.25) is 9.10 Å². The second kappa shape index (κ2) is 8.99. The molecule has 1 aromatic heterocycles. The number of carbonyl (C=O) groups excluding carboxylic acids is 1. The van der Waals surface area contributed by atoms with Crippen molar-refractivity contribution in [3.63, 3.8) is 0 Å². The molecular weight excluding hydrogens is 436 g/mol. The monoisotopic (exact) mass is 458 g/mol. The molecule has 0 radical (unpaired) electrons. The standard InChI is InChI=1S/C22H22N2O5S2/c1-24(31(26,27)22-7-4-14-30-22)16-8-10-17(11-9-16)29-15-21(25)23-19-12-13-28-20-6-3-2-5-18(19)20/h2-11,14,19H,12-13,15H2,1H3,(H,23,25)/t19-/m0/s1. The molecule has 3 aromatic rings. The minimum Gasteiger partial charge on any atom is -0.493 e. The van der Waals surface area contributed by atoms with E-state index in [1.807, 2.05) is 24.3 Å². The number of nitrogens with zero attached hydrogens (tertiary/aromatic N) is 1. The first-order valence-corrected chi connectivity index (χ1v) is 12.0. The number of anilines is 1. The lowest BCUT2D eigenvalue weighted by Crippen LogP contribution is -2.35. The van der Waals surface area contributed by atoms with Crippen molar-refractivity contribution in [2.45, 2.75) is 16.7 Å². The SMILES string of the molecule is CN(c1ccc(OCC(=O)N[C@H]2CCOc3ccccc32)cc1)S(=O)(=O)c1cccs1. The molecule has 0 saturated carbocycles. The molecule has 4 rings (SSSR count). The van der Waals surface area contributed by atoms with E-state index in [1.54, 1.807) is 41.8 Å². The van der Waals surface area contributed by atoms with E-state index >= 15 is 0 Å². The van der Waals surface area contributed by atoms with Gasteiger partial charge >= 0.3 is 0 Å². The number of nitrogens with one attached hydrogen (secondary N) is 1. The predicted molar refractivity (Wildman–Crippen MR) is 119 cm³/mol. The lowest BCUT2D eigenvalue weighted by molar-refractivity contribution is -0.124. The molecule has 1 atom stereocenters. The van der Waals surface area contributed by atoms with E-state index in [2.05, 4.69) is 5.32 Å². The Bertz CT molecular complexity index is 1140. The maximum Gasteiger partial charge on any atom is 0.273 e. The molecule has 0 bridgehead atoms. The van der Waals surface area contributed by atoms with Crippen LogP contribution in [-0.2, 0) is 14.8 Å². The minimum absolute atomic E-state index is 0.112. The van der Waals surface area contributed by atoms with E-state index in [0.717, 1.165) is 11.3 Å². The Morgan fingerprint density at radius 1 is 1.16 bits per heavy atom. The fourth-order valence-electron chi connectivity index (χ4n) is 3.31. The number of ether oxygens (including phenoxy) is 2. The lowest BCUT2D eigenvalue weighted by Gasteiger charge is -2.26. The Morgan fingerprint density at radius 2 is 1.94 bits per heavy atom. The molecule has 9 heteroatoms. The molecule has 0 aliphatic carbocycles. The van der Waals surface area contributed by atoms with Crippen molar-refractivity contribution < 1.29 is 22.7 Å². The van der Waals surface area contributed by atoms with Gasteiger partial charge in [-0.05, 0) is 41.8 Å². The highest BCUT2D eigenvalue weighted by atomic mass is 32.2. The Hall–Kier alpha value is -3.04. The van der Waals surface area contributed by atoms with E-state index in [-0.39, 0.29) is 22.8 Å². The van der Waals surface area contributed by atoms with Crippen molar-refractivity contribution in [2.75, 3.05) is 24.6 Å². The molecule has 7 nitrogen and oxygen atoms in total. The topological polar surface area (TPSA) is 84.9 Å². The first-order chi connectivity index (χ1) is 14.9. The number of hydrogen-bond acceptors (Lipinski definition) is 6. The highest BCUT2D eigenvalue weighted by Crippen LogP contribution is 2.31. The van der Waals surface area contributed by atoms with Crippen LogP contribution in [0.5, 0.6) is 11.5 Å². The summed E-state index contributed by atoms with van der Waals surface area (Å²) in [6.07, 6.45) is 0.697. The average Bonchev–Trinajstić information content (AvgIpc) is 3.34. The van der Waals surface area contributed by atoms with Crippen molar-refractivity contribution in [3.8, 4) is 11.5 Å².